The number of hydrogen-bond donors (Lipinski definition) is 2. The van der Waals surface area contributed by atoms with Crippen LogP contribution in [0.1, 0.15) is 47.0 Å². The van der Waals surface area contributed by atoms with E-state index in [2.05, 4.69) is 10.2 Å². The molecule has 1 fully saturated rings. The van der Waals surface area contributed by atoms with Gasteiger partial charge < -0.3 is 30.2 Å². The van der Waals surface area contributed by atoms with Crippen LogP contribution in [-0.4, -0.2) is 50.0 Å². The Labute approximate surface area is 172 Å². The minimum atomic E-state index is -0.493. The number of alkyl carbamates (subject to hydrolysis) is 1. The first-order valence-electron chi connectivity index (χ1n) is 10.0. The summed E-state index contributed by atoms with van der Waals surface area (Å²) in [5, 5.41) is 2.94. The van der Waals surface area contributed by atoms with Crippen molar-refractivity contribution in [3.8, 4) is 5.75 Å². The van der Waals surface area contributed by atoms with E-state index in [1.807, 2.05) is 39.0 Å². The largest absolute Gasteiger partial charge is 0.491 e. The highest BCUT2D eigenvalue weighted by Gasteiger charge is 2.24. The summed E-state index contributed by atoms with van der Waals surface area (Å²) in [5.41, 5.74) is 7.24. The number of nitrogens with zero attached hydrogens (tertiary/aromatic N) is 1. The van der Waals surface area contributed by atoms with Crippen LogP contribution in [0.3, 0.4) is 0 Å². The molecule has 0 aliphatic carbocycles. The van der Waals surface area contributed by atoms with Crippen LogP contribution in [0, 0.1) is 0 Å². The lowest BCUT2D eigenvalue weighted by Crippen LogP contribution is -2.46. The number of ether oxygens (including phenoxy) is 3. The van der Waals surface area contributed by atoms with Gasteiger partial charge in [0.25, 0.3) is 0 Å². The first kappa shape index (κ1) is 22.6. The minimum Gasteiger partial charge on any atom is -0.491 e. The normalized spacial score (nSPS) is 15.0. The number of rotatable bonds is 7. The summed E-state index contributed by atoms with van der Waals surface area (Å²) >= 11 is 0. The lowest BCUT2D eigenvalue weighted by Gasteiger charge is -2.34. The van der Waals surface area contributed by atoms with Crippen molar-refractivity contribution in [2.45, 2.75) is 58.6 Å². The Morgan fingerprint density at radius 3 is 2.48 bits per heavy atom. The summed E-state index contributed by atoms with van der Waals surface area (Å²) in [7, 11) is 0. The molecule has 0 radical (unpaired) electrons. The van der Waals surface area contributed by atoms with Gasteiger partial charge in [0.15, 0.2) is 0 Å². The molecule has 0 atom stereocenters. The van der Waals surface area contributed by atoms with Gasteiger partial charge >= 0.3 is 12.1 Å². The number of nitrogen functional groups attached to an aromatic ring is 1. The topological polar surface area (TPSA) is 103 Å². The molecule has 8 heteroatoms. The van der Waals surface area contributed by atoms with Gasteiger partial charge in [0.05, 0.1) is 18.9 Å². The molecule has 0 spiro atoms. The number of benzene rings is 1. The maximum absolute atomic E-state index is 11.9. The van der Waals surface area contributed by atoms with Crippen LogP contribution in [0.5, 0.6) is 5.75 Å². The number of carbonyl (C=O) groups excluding carboxylic acids is 2. The Morgan fingerprint density at radius 2 is 1.90 bits per heavy atom. The molecule has 1 aliphatic rings. The van der Waals surface area contributed by atoms with E-state index in [1.165, 1.54) is 6.92 Å². The fourth-order valence-electron chi connectivity index (χ4n) is 3.08. The molecule has 3 N–H and O–H groups in total. The van der Waals surface area contributed by atoms with Gasteiger partial charge in [-0.25, -0.2) is 4.79 Å². The number of anilines is 2. The van der Waals surface area contributed by atoms with Crippen LogP contribution in [0.2, 0.25) is 0 Å². The van der Waals surface area contributed by atoms with E-state index in [1.54, 1.807) is 0 Å². The van der Waals surface area contributed by atoms with Gasteiger partial charge in [-0.15, -0.1) is 0 Å². The van der Waals surface area contributed by atoms with E-state index in [0.29, 0.717) is 31.1 Å². The Kier molecular flexibility index (Phi) is 7.99. The monoisotopic (exact) mass is 407 g/mol. The molecule has 29 heavy (non-hydrogen) atoms. The number of nitrogens with two attached hydrogens (primary N) is 1. The molecule has 162 valence electrons. The van der Waals surface area contributed by atoms with Crippen LogP contribution in [-0.2, 0) is 14.3 Å². The second-order valence-electron chi connectivity index (χ2n) is 8.17. The van der Waals surface area contributed by atoms with Gasteiger partial charge in [-0.3, -0.25) is 4.79 Å². The van der Waals surface area contributed by atoms with Crippen molar-refractivity contribution >= 4 is 23.4 Å². The SMILES string of the molecule is CC(=O)OCCCOc1ccc(N2CCC(NC(=O)OC(C)(C)C)CC2)cc1N. The fourth-order valence-corrected chi connectivity index (χ4v) is 3.08. The van der Waals surface area contributed by atoms with Crippen molar-refractivity contribution in [2.75, 3.05) is 36.9 Å². The maximum Gasteiger partial charge on any atom is 0.407 e. The summed E-state index contributed by atoms with van der Waals surface area (Å²) in [4.78, 5) is 24.9. The summed E-state index contributed by atoms with van der Waals surface area (Å²) in [6, 6.07) is 5.86. The van der Waals surface area contributed by atoms with Gasteiger partial charge in [-0.2, -0.15) is 0 Å². The molecule has 0 bridgehead atoms. The van der Waals surface area contributed by atoms with Crippen LogP contribution in [0.15, 0.2) is 18.2 Å². The number of hydrogen-bond acceptors (Lipinski definition) is 7. The van der Waals surface area contributed by atoms with E-state index >= 15 is 0 Å². The van der Waals surface area contributed by atoms with Crippen molar-refractivity contribution in [1.29, 1.82) is 0 Å². The summed E-state index contributed by atoms with van der Waals surface area (Å²) < 4.78 is 15.9. The zero-order valence-electron chi connectivity index (χ0n) is 17.8. The molecule has 1 aromatic rings. The highest BCUT2D eigenvalue weighted by atomic mass is 16.6. The maximum atomic E-state index is 11.9. The van der Waals surface area contributed by atoms with E-state index in [9.17, 15) is 9.59 Å². The predicted octanol–water partition coefficient (Wildman–Crippen LogP) is 3.09. The molecule has 1 aliphatic heterocycles. The first-order chi connectivity index (χ1) is 13.6. The second kappa shape index (κ2) is 10.2. The van der Waals surface area contributed by atoms with Gasteiger partial charge in [-0.05, 0) is 51.8 Å². The lowest BCUT2D eigenvalue weighted by molar-refractivity contribution is -0.141. The van der Waals surface area contributed by atoms with Crippen molar-refractivity contribution in [1.82, 2.24) is 5.32 Å². The van der Waals surface area contributed by atoms with Crippen molar-refractivity contribution in [2.24, 2.45) is 0 Å². The molecule has 1 amide bonds. The highest BCUT2D eigenvalue weighted by Crippen LogP contribution is 2.29. The Balaban J connectivity index is 1.78. The Morgan fingerprint density at radius 1 is 1.21 bits per heavy atom. The van der Waals surface area contributed by atoms with Crippen LogP contribution in [0.25, 0.3) is 0 Å². The average molecular weight is 408 g/mol. The van der Waals surface area contributed by atoms with E-state index in [-0.39, 0.29) is 18.1 Å². The number of amides is 1. The molecule has 1 heterocycles. The van der Waals surface area contributed by atoms with E-state index in [0.717, 1.165) is 31.6 Å². The zero-order valence-corrected chi connectivity index (χ0v) is 17.8. The third-order valence-corrected chi connectivity index (χ3v) is 4.43. The molecule has 1 aromatic carbocycles. The molecule has 0 aromatic heterocycles. The number of nitrogens with one attached hydrogen (secondary N) is 1. The quantitative estimate of drug-likeness (QED) is 0.407. The molecule has 2 rings (SSSR count). The van der Waals surface area contributed by atoms with Gasteiger partial charge in [0.1, 0.15) is 11.4 Å². The standard InChI is InChI=1S/C21H33N3O5/c1-15(25)27-12-5-13-28-19-7-6-17(14-18(19)22)24-10-8-16(9-11-24)23-20(26)29-21(2,3)4/h6-7,14,16H,5,8-13,22H2,1-4H3,(H,23,26). The van der Waals surface area contributed by atoms with Crippen LogP contribution in [0.4, 0.5) is 16.2 Å². The number of carbonyl (C=O) groups is 2. The van der Waals surface area contributed by atoms with Crippen molar-refractivity contribution in [3.05, 3.63) is 18.2 Å². The summed E-state index contributed by atoms with van der Waals surface area (Å²) in [5.74, 6) is 0.331. The van der Waals surface area contributed by atoms with Crippen molar-refractivity contribution in [3.63, 3.8) is 0 Å². The number of esters is 1. The average Bonchev–Trinajstić information content (AvgIpc) is 2.61. The summed E-state index contributed by atoms with van der Waals surface area (Å²) in [6.07, 6.45) is 1.93. The first-order valence-corrected chi connectivity index (χ1v) is 10.0. The molecule has 1 saturated heterocycles. The molecule has 0 saturated carbocycles. The minimum absolute atomic E-state index is 0.110. The Bertz CT molecular complexity index is 694. The van der Waals surface area contributed by atoms with E-state index in [4.69, 9.17) is 19.9 Å². The lowest BCUT2D eigenvalue weighted by atomic mass is 10.0. The molecule has 8 nitrogen and oxygen atoms in total. The highest BCUT2D eigenvalue weighted by molar-refractivity contribution is 5.68. The van der Waals surface area contributed by atoms with E-state index < -0.39 is 5.60 Å². The van der Waals surface area contributed by atoms with Gasteiger partial charge in [0.2, 0.25) is 0 Å². The van der Waals surface area contributed by atoms with Gasteiger partial charge in [0, 0.05) is 38.2 Å². The second-order valence-corrected chi connectivity index (χ2v) is 8.17. The molecular weight excluding hydrogens is 374 g/mol. The Hall–Kier alpha value is -2.64. The predicted molar refractivity (Wildman–Crippen MR) is 112 cm³/mol. The number of piperidine rings is 1. The van der Waals surface area contributed by atoms with Crippen LogP contribution < -0.4 is 20.7 Å². The molecule has 0 unspecified atom stereocenters. The summed E-state index contributed by atoms with van der Waals surface area (Å²) in [6.45, 7) is 9.35. The molecular formula is C21H33N3O5. The third kappa shape index (κ3) is 8.09. The smallest absolute Gasteiger partial charge is 0.407 e. The fraction of sp³-hybridized carbons (Fsp3) is 0.619. The van der Waals surface area contributed by atoms with Crippen molar-refractivity contribution < 1.29 is 23.8 Å². The van der Waals surface area contributed by atoms with Gasteiger partial charge in [-0.1, -0.05) is 0 Å². The van der Waals surface area contributed by atoms with Crippen LogP contribution >= 0.6 is 0 Å². The third-order valence-electron chi connectivity index (χ3n) is 4.43. The zero-order chi connectivity index (χ0) is 21.4.